The van der Waals surface area contributed by atoms with Crippen molar-refractivity contribution in [2.75, 3.05) is 19.8 Å². The van der Waals surface area contributed by atoms with E-state index in [0.717, 1.165) is 0 Å². The average molecular weight is 273 g/mol. The van der Waals surface area contributed by atoms with Crippen molar-refractivity contribution in [2.45, 2.75) is 45.8 Å². The number of likely N-dealkylation sites (tertiary alicyclic amines) is 1. The lowest BCUT2D eigenvalue weighted by atomic mass is 10.0. The predicted octanol–water partition coefficient (Wildman–Crippen LogP) is 1.17. The van der Waals surface area contributed by atoms with Gasteiger partial charge in [0.1, 0.15) is 5.60 Å². The third kappa shape index (κ3) is 4.09. The first kappa shape index (κ1) is 15.8. The van der Waals surface area contributed by atoms with Crippen LogP contribution in [-0.2, 0) is 14.3 Å². The Morgan fingerprint density at radius 3 is 2.47 bits per heavy atom. The van der Waals surface area contributed by atoms with Crippen LogP contribution in [0.15, 0.2) is 0 Å². The van der Waals surface area contributed by atoms with Gasteiger partial charge in [0, 0.05) is 6.54 Å². The number of carbonyl (C=O) groups is 2. The van der Waals surface area contributed by atoms with Crippen molar-refractivity contribution in [3.05, 3.63) is 0 Å². The SMILES string of the molecule is CCOC(=O)[C@H]1CCN(C(=O)OC(C)(C)C)[C@@H]1CO. The van der Waals surface area contributed by atoms with Crippen molar-refractivity contribution in [2.24, 2.45) is 5.92 Å². The molecule has 0 spiro atoms. The normalized spacial score (nSPS) is 23.3. The molecule has 6 nitrogen and oxygen atoms in total. The van der Waals surface area contributed by atoms with Crippen LogP contribution in [0.4, 0.5) is 4.79 Å². The van der Waals surface area contributed by atoms with E-state index in [0.29, 0.717) is 19.6 Å². The molecule has 1 aliphatic rings. The maximum Gasteiger partial charge on any atom is 0.410 e. The lowest BCUT2D eigenvalue weighted by Crippen LogP contribution is -2.44. The molecule has 0 saturated carbocycles. The molecule has 0 aliphatic carbocycles. The second-order valence-electron chi connectivity index (χ2n) is 5.57. The molecule has 6 heteroatoms. The minimum Gasteiger partial charge on any atom is -0.466 e. The van der Waals surface area contributed by atoms with Gasteiger partial charge in [-0.1, -0.05) is 0 Å². The molecule has 0 aromatic heterocycles. The van der Waals surface area contributed by atoms with Gasteiger partial charge in [-0.15, -0.1) is 0 Å². The van der Waals surface area contributed by atoms with Gasteiger partial charge in [0.05, 0.1) is 25.2 Å². The number of hydrogen-bond acceptors (Lipinski definition) is 5. The highest BCUT2D eigenvalue weighted by atomic mass is 16.6. The first-order valence-electron chi connectivity index (χ1n) is 6.57. The lowest BCUT2D eigenvalue weighted by Gasteiger charge is -2.29. The molecule has 2 atom stereocenters. The fourth-order valence-electron chi connectivity index (χ4n) is 2.15. The van der Waals surface area contributed by atoms with Crippen LogP contribution >= 0.6 is 0 Å². The van der Waals surface area contributed by atoms with E-state index >= 15 is 0 Å². The highest BCUT2D eigenvalue weighted by Crippen LogP contribution is 2.27. The van der Waals surface area contributed by atoms with Crippen molar-refractivity contribution in [3.63, 3.8) is 0 Å². The van der Waals surface area contributed by atoms with Gasteiger partial charge in [0.15, 0.2) is 0 Å². The van der Waals surface area contributed by atoms with E-state index in [2.05, 4.69) is 0 Å². The maximum absolute atomic E-state index is 12.0. The highest BCUT2D eigenvalue weighted by molar-refractivity contribution is 5.76. The number of rotatable bonds is 3. The van der Waals surface area contributed by atoms with Crippen LogP contribution in [0.2, 0.25) is 0 Å². The fraction of sp³-hybridized carbons (Fsp3) is 0.846. The van der Waals surface area contributed by atoms with Gasteiger partial charge in [-0.25, -0.2) is 4.79 Å². The lowest BCUT2D eigenvalue weighted by molar-refractivity contribution is -0.149. The van der Waals surface area contributed by atoms with E-state index in [-0.39, 0.29) is 12.6 Å². The molecule has 1 rings (SSSR count). The summed E-state index contributed by atoms with van der Waals surface area (Å²) in [5, 5.41) is 9.41. The molecule has 0 aromatic carbocycles. The quantitative estimate of drug-likeness (QED) is 0.781. The molecular weight excluding hydrogens is 250 g/mol. The number of ether oxygens (including phenoxy) is 2. The molecule has 1 fully saturated rings. The second kappa shape index (κ2) is 6.23. The Morgan fingerprint density at radius 1 is 1.37 bits per heavy atom. The van der Waals surface area contributed by atoms with Gasteiger partial charge in [-0.05, 0) is 34.1 Å². The van der Waals surface area contributed by atoms with Crippen molar-refractivity contribution in [1.82, 2.24) is 4.90 Å². The summed E-state index contributed by atoms with van der Waals surface area (Å²) >= 11 is 0. The molecule has 1 N–H and O–H groups in total. The minimum atomic E-state index is -0.598. The Bertz CT molecular complexity index is 336. The van der Waals surface area contributed by atoms with E-state index in [1.54, 1.807) is 27.7 Å². The van der Waals surface area contributed by atoms with Gasteiger partial charge < -0.3 is 19.5 Å². The standard InChI is InChI=1S/C13H23NO5/c1-5-18-11(16)9-6-7-14(10(9)8-15)12(17)19-13(2,3)4/h9-10,15H,5-8H2,1-4H3/t9-,10+/m0/s1. The number of carbonyl (C=O) groups excluding carboxylic acids is 2. The van der Waals surface area contributed by atoms with Crippen molar-refractivity contribution in [1.29, 1.82) is 0 Å². The van der Waals surface area contributed by atoms with Crippen LogP contribution in [0.25, 0.3) is 0 Å². The largest absolute Gasteiger partial charge is 0.466 e. The molecular formula is C13H23NO5. The average Bonchev–Trinajstić information content (AvgIpc) is 2.70. The number of hydrogen-bond donors (Lipinski definition) is 1. The Morgan fingerprint density at radius 2 is 2.00 bits per heavy atom. The van der Waals surface area contributed by atoms with Crippen molar-refractivity contribution in [3.8, 4) is 0 Å². The summed E-state index contributed by atoms with van der Waals surface area (Å²) in [5.74, 6) is -0.843. The Labute approximate surface area is 113 Å². The highest BCUT2D eigenvalue weighted by Gasteiger charge is 2.42. The molecule has 1 heterocycles. The fourth-order valence-corrected chi connectivity index (χ4v) is 2.15. The summed E-state index contributed by atoms with van der Waals surface area (Å²) in [4.78, 5) is 25.2. The monoisotopic (exact) mass is 273 g/mol. The second-order valence-corrected chi connectivity index (χ2v) is 5.57. The van der Waals surface area contributed by atoms with Crippen molar-refractivity contribution < 1.29 is 24.2 Å². The third-order valence-electron chi connectivity index (χ3n) is 2.95. The zero-order valence-electron chi connectivity index (χ0n) is 12.0. The molecule has 110 valence electrons. The summed E-state index contributed by atoms with van der Waals surface area (Å²) in [6.07, 6.45) is -0.0121. The molecule has 1 saturated heterocycles. The van der Waals surface area contributed by atoms with Crippen molar-refractivity contribution >= 4 is 12.1 Å². The molecule has 0 radical (unpaired) electrons. The van der Waals surface area contributed by atoms with E-state index in [1.165, 1.54) is 4.90 Å². The number of aliphatic hydroxyl groups excluding tert-OH is 1. The molecule has 0 aromatic rings. The Kier molecular flexibility index (Phi) is 5.17. The Balaban J connectivity index is 2.72. The topological polar surface area (TPSA) is 76.1 Å². The van der Waals surface area contributed by atoms with Gasteiger partial charge in [-0.3, -0.25) is 4.79 Å². The van der Waals surface area contributed by atoms with Gasteiger partial charge in [-0.2, -0.15) is 0 Å². The summed E-state index contributed by atoms with van der Waals surface area (Å²) < 4.78 is 10.2. The summed E-state index contributed by atoms with van der Waals surface area (Å²) in [7, 11) is 0. The minimum absolute atomic E-state index is 0.275. The van der Waals surface area contributed by atoms with Crippen LogP contribution in [0, 0.1) is 5.92 Å². The third-order valence-corrected chi connectivity index (χ3v) is 2.95. The van der Waals surface area contributed by atoms with Gasteiger partial charge in [0.25, 0.3) is 0 Å². The smallest absolute Gasteiger partial charge is 0.410 e. The summed E-state index contributed by atoms with van der Waals surface area (Å²) in [5.41, 5.74) is -0.598. The molecule has 0 bridgehead atoms. The number of nitrogens with zero attached hydrogens (tertiary/aromatic N) is 1. The van der Waals surface area contributed by atoms with Crippen LogP contribution in [0.5, 0.6) is 0 Å². The van der Waals surface area contributed by atoms with E-state index in [1.807, 2.05) is 0 Å². The number of esters is 1. The Hall–Kier alpha value is -1.30. The zero-order valence-corrected chi connectivity index (χ0v) is 12.0. The van der Waals surface area contributed by atoms with Crippen LogP contribution in [-0.4, -0.2) is 53.5 Å². The zero-order chi connectivity index (χ0) is 14.6. The van der Waals surface area contributed by atoms with E-state index in [9.17, 15) is 14.7 Å². The van der Waals surface area contributed by atoms with Gasteiger partial charge >= 0.3 is 12.1 Å². The number of aliphatic hydroxyl groups is 1. The van der Waals surface area contributed by atoms with Crippen LogP contribution in [0.1, 0.15) is 34.1 Å². The number of amides is 1. The van der Waals surface area contributed by atoms with Crippen LogP contribution < -0.4 is 0 Å². The molecule has 0 unspecified atom stereocenters. The van der Waals surface area contributed by atoms with Crippen LogP contribution in [0.3, 0.4) is 0 Å². The van der Waals surface area contributed by atoms with E-state index in [4.69, 9.17) is 9.47 Å². The summed E-state index contributed by atoms with van der Waals surface area (Å²) in [6.45, 7) is 7.46. The molecule has 1 amide bonds. The van der Waals surface area contributed by atoms with Gasteiger partial charge in [0.2, 0.25) is 0 Å². The molecule has 19 heavy (non-hydrogen) atoms. The van der Waals surface area contributed by atoms with E-state index < -0.39 is 23.7 Å². The first-order chi connectivity index (χ1) is 8.80. The first-order valence-corrected chi connectivity index (χ1v) is 6.57. The predicted molar refractivity (Wildman–Crippen MR) is 68.6 cm³/mol. The summed E-state index contributed by atoms with van der Waals surface area (Å²) in [6, 6.07) is -0.561. The maximum atomic E-state index is 12.0. The molecule has 1 aliphatic heterocycles.